The number of rotatable bonds is 12. The first-order valence-electron chi connectivity index (χ1n) is 12.4. The Balaban J connectivity index is 2.11. The average Bonchev–Trinajstić information content (AvgIpc) is 2.88. The number of nitrogens with zero attached hydrogens (tertiary/aromatic N) is 2. The van der Waals surface area contributed by atoms with Crippen molar-refractivity contribution >= 4 is 73.9 Å². The van der Waals surface area contributed by atoms with Gasteiger partial charge in [-0.3, -0.25) is 13.9 Å². The molecule has 0 fully saturated rings. The summed E-state index contributed by atoms with van der Waals surface area (Å²) in [4.78, 5) is 28.9. The number of hydrogen-bond acceptors (Lipinski definition) is 4. The van der Waals surface area contributed by atoms with Crippen molar-refractivity contribution in [1.82, 2.24) is 10.2 Å². The number of amides is 2. The first-order valence-corrected chi connectivity index (χ1v) is 15.7. The van der Waals surface area contributed by atoms with Gasteiger partial charge in [0.25, 0.3) is 0 Å². The molecule has 0 bridgehead atoms. The van der Waals surface area contributed by atoms with Gasteiger partial charge in [0.2, 0.25) is 21.8 Å². The van der Waals surface area contributed by atoms with Gasteiger partial charge in [0.05, 0.1) is 11.9 Å². The van der Waals surface area contributed by atoms with Gasteiger partial charge in [0.1, 0.15) is 12.6 Å². The fourth-order valence-corrected chi connectivity index (χ4v) is 5.94. The van der Waals surface area contributed by atoms with E-state index in [-0.39, 0.29) is 34.6 Å². The van der Waals surface area contributed by atoms with Crippen LogP contribution in [0.15, 0.2) is 66.7 Å². The molecule has 7 nitrogen and oxygen atoms in total. The molecule has 0 spiro atoms. The fourth-order valence-electron chi connectivity index (χ4n) is 4.07. The molecule has 0 aliphatic rings. The van der Waals surface area contributed by atoms with Crippen molar-refractivity contribution in [3.8, 4) is 0 Å². The monoisotopic (exact) mass is 643 g/mol. The van der Waals surface area contributed by atoms with E-state index in [0.29, 0.717) is 28.6 Å². The van der Waals surface area contributed by atoms with Gasteiger partial charge in [-0.1, -0.05) is 89.7 Å². The minimum Gasteiger partial charge on any atom is -0.354 e. The van der Waals surface area contributed by atoms with Crippen molar-refractivity contribution in [3.05, 3.63) is 97.9 Å². The van der Waals surface area contributed by atoms with Crippen LogP contribution in [0.3, 0.4) is 0 Å². The van der Waals surface area contributed by atoms with E-state index >= 15 is 0 Å². The quantitative estimate of drug-likeness (QED) is 0.253. The summed E-state index contributed by atoms with van der Waals surface area (Å²) < 4.78 is 26.6. The number of nitrogens with one attached hydrogen (secondary N) is 1. The molecule has 2 amide bonds. The molecule has 0 saturated carbocycles. The van der Waals surface area contributed by atoms with Gasteiger partial charge in [0, 0.05) is 45.2 Å². The summed E-state index contributed by atoms with van der Waals surface area (Å²) in [5.74, 6) is -1.04. The topological polar surface area (TPSA) is 86.8 Å². The second-order valence-corrected chi connectivity index (χ2v) is 12.7. The number of hydrogen-bond donors (Lipinski definition) is 1. The van der Waals surface area contributed by atoms with Crippen LogP contribution in [0.2, 0.25) is 20.1 Å². The van der Waals surface area contributed by atoms with Gasteiger partial charge in [0.15, 0.2) is 0 Å². The number of carbonyl (C=O) groups is 2. The van der Waals surface area contributed by atoms with Crippen molar-refractivity contribution in [3.63, 3.8) is 0 Å². The summed E-state index contributed by atoms with van der Waals surface area (Å²) in [5.41, 5.74) is 1.35. The molecule has 1 N–H and O–H groups in total. The van der Waals surface area contributed by atoms with Crippen LogP contribution >= 0.6 is 46.4 Å². The zero-order valence-corrected chi connectivity index (χ0v) is 25.8. The third-order valence-electron chi connectivity index (χ3n) is 6.02. The van der Waals surface area contributed by atoms with Crippen molar-refractivity contribution < 1.29 is 18.0 Å². The lowest BCUT2D eigenvalue weighted by Gasteiger charge is -2.34. The van der Waals surface area contributed by atoms with E-state index in [1.165, 1.54) is 23.1 Å². The van der Waals surface area contributed by atoms with Gasteiger partial charge >= 0.3 is 0 Å². The number of halogens is 4. The van der Waals surface area contributed by atoms with Crippen LogP contribution in [0.1, 0.15) is 24.5 Å². The lowest BCUT2D eigenvalue weighted by Crippen LogP contribution is -2.53. The van der Waals surface area contributed by atoms with Gasteiger partial charge < -0.3 is 10.2 Å². The zero-order chi connectivity index (χ0) is 29.4. The number of carbonyl (C=O) groups excluding carboxylic acids is 2. The van der Waals surface area contributed by atoms with E-state index < -0.39 is 28.5 Å². The SMILES string of the molecule is CCCNC(=O)C(Cc1ccccc1)N(Cc1c(Cl)cccc1Cl)C(=O)CN(c1cc(Cl)cc(Cl)c1)S(C)(=O)=O. The molecular weight excluding hydrogens is 616 g/mol. The Labute approximate surface area is 255 Å². The predicted molar refractivity (Wildman–Crippen MR) is 163 cm³/mol. The summed E-state index contributed by atoms with van der Waals surface area (Å²) in [6.07, 6.45) is 1.83. The second kappa shape index (κ2) is 14.4. The standard InChI is InChI=1S/C28H29Cl4N3O4S/c1-3-12-33-28(37)26(13-19-8-5-4-6-9-19)34(17-23-24(31)10-7-11-25(23)32)27(36)18-35(40(2,38)39)22-15-20(29)14-21(30)16-22/h4-11,14-16,26H,3,12-13,17-18H2,1-2H3,(H,33,37). The second-order valence-electron chi connectivity index (χ2n) is 9.12. The fraction of sp³-hybridized carbons (Fsp3) is 0.286. The maximum Gasteiger partial charge on any atom is 0.244 e. The maximum atomic E-state index is 14.1. The van der Waals surface area contributed by atoms with Gasteiger partial charge in [-0.05, 0) is 42.3 Å². The highest BCUT2D eigenvalue weighted by Gasteiger charge is 2.33. The number of anilines is 1. The Morgan fingerprint density at radius 3 is 2.05 bits per heavy atom. The first kappa shape index (κ1) is 32.0. The highest BCUT2D eigenvalue weighted by atomic mass is 35.5. The van der Waals surface area contributed by atoms with Crippen molar-refractivity contribution in [2.45, 2.75) is 32.4 Å². The molecule has 3 aromatic carbocycles. The molecule has 214 valence electrons. The van der Waals surface area contributed by atoms with E-state index in [1.807, 2.05) is 37.3 Å². The minimum atomic E-state index is -3.97. The molecule has 0 radical (unpaired) electrons. The molecular formula is C28H29Cl4N3O4S. The molecule has 1 atom stereocenters. The smallest absolute Gasteiger partial charge is 0.244 e. The Morgan fingerprint density at radius 1 is 0.900 bits per heavy atom. The van der Waals surface area contributed by atoms with Crippen molar-refractivity contribution in [1.29, 1.82) is 0 Å². The molecule has 0 aliphatic carbocycles. The molecule has 0 heterocycles. The highest BCUT2D eigenvalue weighted by Crippen LogP contribution is 2.29. The van der Waals surface area contributed by atoms with Crippen LogP contribution in [0.25, 0.3) is 0 Å². The van der Waals surface area contributed by atoms with Gasteiger partial charge in [-0.2, -0.15) is 0 Å². The first-order chi connectivity index (χ1) is 18.9. The molecule has 1 unspecified atom stereocenters. The van der Waals surface area contributed by atoms with E-state index in [1.54, 1.807) is 18.2 Å². The van der Waals surface area contributed by atoms with Crippen LogP contribution in [0, 0.1) is 0 Å². The summed E-state index contributed by atoms with van der Waals surface area (Å²) in [7, 11) is -3.97. The van der Waals surface area contributed by atoms with E-state index in [4.69, 9.17) is 46.4 Å². The van der Waals surface area contributed by atoms with Gasteiger partial charge in [-0.25, -0.2) is 8.42 Å². The van der Waals surface area contributed by atoms with E-state index in [0.717, 1.165) is 16.1 Å². The van der Waals surface area contributed by atoms with Gasteiger partial charge in [-0.15, -0.1) is 0 Å². The van der Waals surface area contributed by atoms with Crippen LogP contribution in [-0.4, -0.2) is 50.5 Å². The largest absolute Gasteiger partial charge is 0.354 e. The summed E-state index contributed by atoms with van der Waals surface area (Å²) in [6, 6.07) is 17.4. The maximum absolute atomic E-state index is 14.1. The van der Waals surface area contributed by atoms with Crippen molar-refractivity contribution in [2.24, 2.45) is 0 Å². The lowest BCUT2D eigenvalue weighted by atomic mass is 10.0. The number of benzene rings is 3. The molecule has 0 aromatic heterocycles. The molecule has 0 saturated heterocycles. The third-order valence-corrected chi connectivity index (χ3v) is 8.31. The Hall–Kier alpha value is -2.49. The average molecular weight is 645 g/mol. The zero-order valence-electron chi connectivity index (χ0n) is 21.9. The van der Waals surface area contributed by atoms with E-state index in [2.05, 4.69) is 5.32 Å². The van der Waals surface area contributed by atoms with Crippen LogP contribution in [0.5, 0.6) is 0 Å². The highest BCUT2D eigenvalue weighted by molar-refractivity contribution is 7.92. The van der Waals surface area contributed by atoms with Crippen molar-refractivity contribution in [2.75, 3.05) is 23.7 Å². The molecule has 40 heavy (non-hydrogen) atoms. The molecule has 0 aliphatic heterocycles. The Kier molecular flexibility index (Phi) is 11.5. The predicted octanol–water partition coefficient (Wildman–Crippen LogP) is 6.23. The normalized spacial score (nSPS) is 12.1. The molecule has 12 heteroatoms. The van der Waals surface area contributed by atoms with Crippen LogP contribution in [-0.2, 0) is 32.6 Å². The summed E-state index contributed by atoms with van der Waals surface area (Å²) >= 11 is 25.2. The molecule has 3 rings (SSSR count). The Morgan fingerprint density at radius 2 is 1.50 bits per heavy atom. The third kappa shape index (κ3) is 8.75. The van der Waals surface area contributed by atoms with Crippen LogP contribution < -0.4 is 9.62 Å². The van der Waals surface area contributed by atoms with E-state index in [9.17, 15) is 18.0 Å². The summed E-state index contributed by atoms with van der Waals surface area (Å²) in [6.45, 7) is 1.56. The Bertz CT molecular complexity index is 1410. The summed E-state index contributed by atoms with van der Waals surface area (Å²) in [5, 5.41) is 3.87. The van der Waals surface area contributed by atoms with Crippen LogP contribution in [0.4, 0.5) is 5.69 Å². The minimum absolute atomic E-state index is 0.110. The molecule has 3 aromatic rings. The lowest BCUT2D eigenvalue weighted by molar-refractivity contribution is -0.140. The number of sulfonamides is 1.